The summed E-state index contributed by atoms with van der Waals surface area (Å²) in [5.41, 5.74) is 2.74. The predicted molar refractivity (Wildman–Crippen MR) is 84.1 cm³/mol. The van der Waals surface area contributed by atoms with Crippen LogP contribution in [0.4, 0.5) is 0 Å². The molecule has 0 fully saturated rings. The Morgan fingerprint density at radius 3 is 2.59 bits per heavy atom. The number of carbonyl (C=O) groups excluding carboxylic acids is 1. The van der Waals surface area contributed by atoms with Gasteiger partial charge in [0, 0.05) is 11.9 Å². The molecule has 106 valence electrons. The van der Waals surface area contributed by atoms with Gasteiger partial charge < -0.3 is 5.32 Å². The number of nitriles is 1. The van der Waals surface area contributed by atoms with Crippen LogP contribution in [0.25, 0.3) is 10.9 Å². The number of pyridine rings is 1. The second-order valence-electron chi connectivity index (χ2n) is 4.88. The second kappa shape index (κ2) is 6.06. The number of hydrogen-bond donors (Lipinski definition) is 1. The Morgan fingerprint density at radius 2 is 1.82 bits per heavy atom. The van der Waals surface area contributed by atoms with E-state index < -0.39 is 0 Å². The van der Waals surface area contributed by atoms with Crippen LogP contribution >= 0.6 is 0 Å². The average Bonchev–Trinajstić information content (AvgIpc) is 2.59. The van der Waals surface area contributed by atoms with Gasteiger partial charge in [-0.2, -0.15) is 5.26 Å². The fourth-order valence-corrected chi connectivity index (χ4v) is 2.16. The van der Waals surface area contributed by atoms with Gasteiger partial charge in [-0.3, -0.25) is 4.79 Å². The predicted octanol–water partition coefficient (Wildman–Crippen LogP) is 3.04. The minimum Gasteiger partial charge on any atom is -0.347 e. The molecule has 0 aliphatic carbocycles. The highest BCUT2D eigenvalue weighted by atomic mass is 16.1. The lowest BCUT2D eigenvalue weighted by Gasteiger charge is -2.06. The highest BCUT2D eigenvalue weighted by Gasteiger charge is 2.07. The van der Waals surface area contributed by atoms with E-state index in [2.05, 4.69) is 16.4 Å². The van der Waals surface area contributed by atoms with E-state index >= 15 is 0 Å². The highest BCUT2D eigenvalue weighted by Crippen LogP contribution is 2.12. The van der Waals surface area contributed by atoms with Crippen LogP contribution in [0.1, 0.15) is 21.6 Å². The lowest BCUT2D eigenvalue weighted by atomic mass is 10.1. The molecule has 3 rings (SSSR count). The van der Waals surface area contributed by atoms with E-state index in [1.807, 2.05) is 42.5 Å². The van der Waals surface area contributed by atoms with Crippen molar-refractivity contribution >= 4 is 16.8 Å². The van der Waals surface area contributed by atoms with E-state index in [4.69, 9.17) is 5.26 Å². The average molecular weight is 287 g/mol. The van der Waals surface area contributed by atoms with Crippen molar-refractivity contribution in [2.75, 3.05) is 0 Å². The van der Waals surface area contributed by atoms with Gasteiger partial charge in [-0.1, -0.05) is 36.4 Å². The van der Waals surface area contributed by atoms with Gasteiger partial charge in [0.25, 0.3) is 5.91 Å². The summed E-state index contributed by atoms with van der Waals surface area (Å²) in [4.78, 5) is 16.5. The van der Waals surface area contributed by atoms with E-state index in [9.17, 15) is 4.79 Å². The smallest absolute Gasteiger partial charge is 0.270 e. The standard InChI is InChI=1S/C18H13N3O/c19-11-13-5-7-14(8-6-13)12-20-18(22)17-10-9-15-3-1-2-4-16(15)21-17/h1-10H,12H2,(H,20,22). The van der Waals surface area contributed by atoms with Crippen LogP contribution in [0.5, 0.6) is 0 Å². The summed E-state index contributed by atoms with van der Waals surface area (Å²) >= 11 is 0. The molecule has 1 amide bonds. The molecule has 3 aromatic rings. The minimum atomic E-state index is -0.213. The normalized spacial score (nSPS) is 10.1. The Morgan fingerprint density at radius 1 is 1.05 bits per heavy atom. The number of nitrogens with zero attached hydrogens (tertiary/aromatic N) is 2. The van der Waals surface area contributed by atoms with Gasteiger partial charge in [0.2, 0.25) is 0 Å². The topological polar surface area (TPSA) is 65.8 Å². The van der Waals surface area contributed by atoms with Gasteiger partial charge in [-0.05, 0) is 29.8 Å². The summed E-state index contributed by atoms with van der Waals surface area (Å²) in [7, 11) is 0. The van der Waals surface area contributed by atoms with Crippen LogP contribution < -0.4 is 5.32 Å². The molecule has 4 heteroatoms. The molecule has 0 atom stereocenters. The van der Waals surface area contributed by atoms with Crippen molar-refractivity contribution in [2.24, 2.45) is 0 Å². The zero-order chi connectivity index (χ0) is 15.4. The summed E-state index contributed by atoms with van der Waals surface area (Å²) in [6, 6.07) is 20.5. The molecule has 0 radical (unpaired) electrons. The van der Waals surface area contributed by atoms with Crippen LogP contribution in [0.2, 0.25) is 0 Å². The summed E-state index contributed by atoms with van der Waals surface area (Å²) in [5, 5.41) is 12.6. The molecular weight excluding hydrogens is 274 g/mol. The van der Waals surface area contributed by atoms with Gasteiger partial charge in [0.05, 0.1) is 17.1 Å². The summed E-state index contributed by atoms with van der Waals surface area (Å²) < 4.78 is 0. The molecular formula is C18H13N3O. The maximum Gasteiger partial charge on any atom is 0.270 e. The quantitative estimate of drug-likeness (QED) is 0.805. The molecule has 0 aliphatic rings. The molecule has 1 heterocycles. The van der Waals surface area contributed by atoms with Crippen LogP contribution in [-0.2, 0) is 6.54 Å². The summed E-state index contributed by atoms with van der Waals surface area (Å²) in [6.45, 7) is 0.402. The number of para-hydroxylation sites is 1. The third kappa shape index (κ3) is 2.94. The van der Waals surface area contributed by atoms with E-state index in [1.165, 1.54) is 0 Å². The van der Waals surface area contributed by atoms with Gasteiger partial charge in [-0.25, -0.2) is 4.98 Å². The summed E-state index contributed by atoms with van der Waals surface area (Å²) in [6.07, 6.45) is 0. The first-order chi connectivity index (χ1) is 10.8. The lowest BCUT2D eigenvalue weighted by Crippen LogP contribution is -2.23. The molecule has 0 bridgehead atoms. The Hall–Kier alpha value is -3.19. The van der Waals surface area contributed by atoms with Crippen molar-refractivity contribution in [1.82, 2.24) is 10.3 Å². The molecule has 0 saturated heterocycles. The number of nitrogens with one attached hydrogen (secondary N) is 1. The number of hydrogen-bond acceptors (Lipinski definition) is 3. The maximum absolute atomic E-state index is 12.2. The molecule has 0 spiro atoms. The molecule has 1 N–H and O–H groups in total. The van der Waals surface area contributed by atoms with Crippen molar-refractivity contribution in [2.45, 2.75) is 6.54 Å². The molecule has 4 nitrogen and oxygen atoms in total. The maximum atomic E-state index is 12.2. The van der Waals surface area contributed by atoms with Crippen molar-refractivity contribution in [3.63, 3.8) is 0 Å². The first-order valence-corrected chi connectivity index (χ1v) is 6.89. The first kappa shape index (κ1) is 13.8. The molecule has 1 aromatic heterocycles. The van der Waals surface area contributed by atoms with Gasteiger partial charge >= 0.3 is 0 Å². The van der Waals surface area contributed by atoms with Crippen LogP contribution in [0, 0.1) is 11.3 Å². The van der Waals surface area contributed by atoms with Crippen LogP contribution in [0.15, 0.2) is 60.7 Å². The Balaban J connectivity index is 1.71. The number of benzene rings is 2. The number of carbonyl (C=O) groups is 1. The molecule has 0 saturated carbocycles. The zero-order valence-corrected chi connectivity index (χ0v) is 11.8. The minimum absolute atomic E-state index is 0.213. The van der Waals surface area contributed by atoms with E-state index in [-0.39, 0.29) is 5.91 Å². The largest absolute Gasteiger partial charge is 0.347 e. The molecule has 22 heavy (non-hydrogen) atoms. The third-order valence-corrected chi connectivity index (χ3v) is 3.37. The van der Waals surface area contributed by atoms with E-state index in [0.29, 0.717) is 17.8 Å². The third-order valence-electron chi connectivity index (χ3n) is 3.37. The molecule has 0 aliphatic heterocycles. The number of fused-ring (bicyclic) bond motifs is 1. The number of aromatic nitrogens is 1. The first-order valence-electron chi connectivity index (χ1n) is 6.89. The second-order valence-corrected chi connectivity index (χ2v) is 4.88. The van der Waals surface area contributed by atoms with E-state index in [1.54, 1.807) is 18.2 Å². The summed E-state index contributed by atoms with van der Waals surface area (Å²) in [5.74, 6) is -0.213. The van der Waals surface area contributed by atoms with Crippen molar-refractivity contribution < 1.29 is 4.79 Å². The van der Waals surface area contributed by atoms with E-state index in [0.717, 1.165) is 16.5 Å². The monoisotopic (exact) mass is 287 g/mol. The van der Waals surface area contributed by atoms with Crippen molar-refractivity contribution in [3.8, 4) is 6.07 Å². The molecule has 0 unspecified atom stereocenters. The van der Waals surface area contributed by atoms with Crippen molar-refractivity contribution in [3.05, 3.63) is 77.5 Å². The van der Waals surface area contributed by atoms with Gasteiger partial charge in [-0.15, -0.1) is 0 Å². The number of rotatable bonds is 3. The zero-order valence-electron chi connectivity index (χ0n) is 11.8. The van der Waals surface area contributed by atoms with Gasteiger partial charge in [0.15, 0.2) is 0 Å². The fraction of sp³-hybridized carbons (Fsp3) is 0.0556. The van der Waals surface area contributed by atoms with Crippen LogP contribution in [-0.4, -0.2) is 10.9 Å². The Bertz CT molecular complexity index is 863. The Kier molecular flexibility index (Phi) is 3.80. The SMILES string of the molecule is N#Cc1ccc(CNC(=O)c2ccc3ccccc3n2)cc1. The lowest BCUT2D eigenvalue weighted by molar-refractivity contribution is 0.0946. The van der Waals surface area contributed by atoms with Crippen LogP contribution in [0.3, 0.4) is 0 Å². The molecule has 2 aromatic carbocycles. The van der Waals surface area contributed by atoms with Gasteiger partial charge in [0.1, 0.15) is 5.69 Å². The number of amides is 1. The fourth-order valence-electron chi connectivity index (χ4n) is 2.16. The highest BCUT2D eigenvalue weighted by molar-refractivity contribution is 5.94. The Labute approximate surface area is 128 Å². The van der Waals surface area contributed by atoms with Crippen molar-refractivity contribution in [1.29, 1.82) is 5.26 Å².